The average molecular weight is 264 g/mol. The number of carbonyl (C=O) groups is 1. The summed E-state index contributed by atoms with van der Waals surface area (Å²) in [6.07, 6.45) is 0.155. The summed E-state index contributed by atoms with van der Waals surface area (Å²) in [5.74, 6) is -0.0721. The zero-order valence-corrected chi connectivity index (χ0v) is 11.9. The lowest BCUT2D eigenvalue weighted by Crippen LogP contribution is -2.45. The van der Waals surface area contributed by atoms with Crippen LogP contribution in [0, 0.1) is 12.8 Å². The van der Waals surface area contributed by atoms with Gasteiger partial charge in [-0.15, -0.1) is 0 Å². The Hall–Kier alpha value is -1.39. The Bertz CT molecular complexity index is 420. The average Bonchev–Trinajstić information content (AvgIpc) is 2.42. The van der Waals surface area contributed by atoms with Gasteiger partial charge in [0, 0.05) is 6.54 Å². The van der Waals surface area contributed by atoms with Gasteiger partial charge in [-0.3, -0.25) is 4.79 Å². The van der Waals surface area contributed by atoms with Crippen molar-refractivity contribution >= 4 is 5.91 Å². The molecule has 106 valence electrons. The van der Waals surface area contributed by atoms with Crippen LogP contribution in [0.4, 0.5) is 0 Å². The summed E-state index contributed by atoms with van der Waals surface area (Å²) in [4.78, 5) is 11.8. The second-order valence-electron chi connectivity index (χ2n) is 5.09. The number of carbonyl (C=O) groups excluding carboxylic acids is 1. The van der Waals surface area contributed by atoms with Crippen LogP contribution in [-0.4, -0.2) is 23.6 Å². The zero-order chi connectivity index (χ0) is 14.4. The topological polar surface area (TPSA) is 75.4 Å². The minimum Gasteiger partial charge on any atom is -0.387 e. The highest BCUT2D eigenvalue weighted by atomic mass is 16.3. The van der Waals surface area contributed by atoms with Gasteiger partial charge < -0.3 is 16.2 Å². The third kappa shape index (κ3) is 4.65. The van der Waals surface area contributed by atoms with Crippen LogP contribution in [0.1, 0.15) is 37.5 Å². The van der Waals surface area contributed by atoms with Gasteiger partial charge in [0.2, 0.25) is 5.91 Å². The Labute approximate surface area is 115 Å². The van der Waals surface area contributed by atoms with E-state index in [1.165, 1.54) is 0 Å². The zero-order valence-electron chi connectivity index (χ0n) is 11.9. The van der Waals surface area contributed by atoms with E-state index in [4.69, 9.17) is 5.73 Å². The predicted molar refractivity (Wildman–Crippen MR) is 76.6 cm³/mol. The van der Waals surface area contributed by atoms with E-state index >= 15 is 0 Å². The number of nitrogens with one attached hydrogen (secondary N) is 1. The second kappa shape index (κ2) is 7.26. The molecule has 0 aromatic heterocycles. The first-order valence-corrected chi connectivity index (χ1v) is 6.73. The van der Waals surface area contributed by atoms with E-state index in [1.54, 1.807) is 0 Å². The van der Waals surface area contributed by atoms with Gasteiger partial charge in [-0.25, -0.2) is 0 Å². The highest BCUT2D eigenvalue weighted by Crippen LogP contribution is 2.13. The Morgan fingerprint density at radius 1 is 1.47 bits per heavy atom. The van der Waals surface area contributed by atoms with Crippen LogP contribution in [0.25, 0.3) is 0 Å². The molecule has 1 aromatic carbocycles. The lowest BCUT2D eigenvalue weighted by atomic mass is 9.99. The van der Waals surface area contributed by atoms with Crippen molar-refractivity contribution in [2.45, 2.75) is 39.3 Å². The number of benzene rings is 1. The number of hydrogen-bond donors (Lipinski definition) is 3. The molecule has 3 atom stereocenters. The maximum absolute atomic E-state index is 11.8. The number of amides is 1. The number of nitrogens with two attached hydrogens (primary N) is 1. The van der Waals surface area contributed by atoms with E-state index in [2.05, 4.69) is 5.32 Å². The van der Waals surface area contributed by atoms with Gasteiger partial charge >= 0.3 is 0 Å². The maximum Gasteiger partial charge on any atom is 0.237 e. The van der Waals surface area contributed by atoms with Crippen LogP contribution in [0.2, 0.25) is 0 Å². The van der Waals surface area contributed by atoms with Crippen molar-refractivity contribution < 1.29 is 9.90 Å². The normalized spacial score (nSPS) is 15.6. The van der Waals surface area contributed by atoms with Crippen LogP contribution >= 0.6 is 0 Å². The molecule has 4 heteroatoms. The molecule has 3 unspecified atom stereocenters. The minimum atomic E-state index is -0.701. The first-order chi connectivity index (χ1) is 8.95. The molecule has 0 saturated carbocycles. The fourth-order valence-corrected chi connectivity index (χ4v) is 1.82. The standard InChI is InChI=1S/C15H24N2O2/c1-4-11(3)14(16)15(19)17-9-13(18)12-7-5-6-10(2)8-12/h5-8,11,13-14,18H,4,9,16H2,1-3H3,(H,17,19). The van der Waals surface area contributed by atoms with Crippen molar-refractivity contribution in [3.8, 4) is 0 Å². The summed E-state index contributed by atoms with van der Waals surface area (Å²) in [6.45, 7) is 6.10. The Morgan fingerprint density at radius 3 is 2.74 bits per heavy atom. The van der Waals surface area contributed by atoms with Crippen LogP contribution in [0.15, 0.2) is 24.3 Å². The molecule has 0 aliphatic carbocycles. The van der Waals surface area contributed by atoms with E-state index < -0.39 is 12.1 Å². The fraction of sp³-hybridized carbons (Fsp3) is 0.533. The molecule has 4 N–H and O–H groups in total. The molecule has 0 saturated heterocycles. The molecule has 0 aliphatic rings. The van der Waals surface area contributed by atoms with Gasteiger partial charge in [0.1, 0.15) is 0 Å². The molecule has 0 bridgehead atoms. The molecule has 0 spiro atoms. The van der Waals surface area contributed by atoms with Crippen LogP contribution in [0.3, 0.4) is 0 Å². The van der Waals surface area contributed by atoms with Gasteiger partial charge in [-0.2, -0.15) is 0 Å². The van der Waals surface area contributed by atoms with Crippen LogP contribution in [-0.2, 0) is 4.79 Å². The van der Waals surface area contributed by atoms with Crippen molar-refractivity contribution in [1.29, 1.82) is 0 Å². The predicted octanol–water partition coefficient (Wildman–Crippen LogP) is 1.52. The van der Waals surface area contributed by atoms with E-state index in [0.717, 1.165) is 17.5 Å². The lowest BCUT2D eigenvalue weighted by molar-refractivity contribution is -0.123. The number of hydrogen-bond acceptors (Lipinski definition) is 3. The fourth-order valence-electron chi connectivity index (χ4n) is 1.82. The second-order valence-corrected chi connectivity index (χ2v) is 5.09. The molecule has 1 aromatic rings. The Morgan fingerprint density at radius 2 is 2.16 bits per heavy atom. The largest absolute Gasteiger partial charge is 0.387 e. The SMILES string of the molecule is CCC(C)C(N)C(=O)NCC(O)c1cccc(C)c1. The van der Waals surface area contributed by atoms with Gasteiger partial charge in [-0.1, -0.05) is 50.1 Å². The monoisotopic (exact) mass is 264 g/mol. The summed E-state index contributed by atoms with van der Waals surface area (Å²) in [6, 6.07) is 7.09. The summed E-state index contributed by atoms with van der Waals surface area (Å²) in [7, 11) is 0. The molecule has 1 amide bonds. The van der Waals surface area contributed by atoms with Gasteiger partial charge in [0.05, 0.1) is 12.1 Å². The molecule has 19 heavy (non-hydrogen) atoms. The first-order valence-electron chi connectivity index (χ1n) is 6.73. The van der Waals surface area contributed by atoms with Gasteiger partial charge in [0.15, 0.2) is 0 Å². The third-order valence-corrected chi connectivity index (χ3v) is 3.46. The van der Waals surface area contributed by atoms with Crippen molar-refractivity contribution in [3.05, 3.63) is 35.4 Å². The van der Waals surface area contributed by atoms with Crippen molar-refractivity contribution in [1.82, 2.24) is 5.32 Å². The van der Waals surface area contributed by atoms with Crippen LogP contribution < -0.4 is 11.1 Å². The van der Waals surface area contributed by atoms with Gasteiger partial charge in [-0.05, 0) is 18.4 Å². The number of aliphatic hydroxyl groups is 1. The molecule has 0 fully saturated rings. The van der Waals surface area contributed by atoms with Gasteiger partial charge in [0.25, 0.3) is 0 Å². The van der Waals surface area contributed by atoms with E-state index in [0.29, 0.717) is 0 Å². The summed E-state index contributed by atoms with van der Waals surface area (Å²) < 4.78 is 0. The van der Waals surface area contributed by atoms with E-state index in [-0.39, 0.29) is 18.4 Å². The molecular formula is C15H24N2O2. The van der Waals surface area contributed by atoms with Crippen molar-refractivity contribution in [2.24, 2.45) is 11.7 Å². The number of aliphatic hydroxyl groups excluding tert-OH is 1. The molecule has 4 nitrogen and oxygen atoms in total. The smallest absolute Gasteiger partial charge is 0.237 e. The summed E-state index contributed by atoms with van der Waals surface area (Å²) in [5, 5.41) is 12.7. The third-order valence-electron chi connectivity index (χ3n) is 3.46. The highest BCUT2D eigenvalue weighted by Gasteiger charge is 2.20. The Kier molecular flexibility index (Phi) is 5.99. The number of aryl methyl sites for hydroxylation is 1. The first kappa shape index (κ1) is 15.7. The Balaban J connectivity index is 2.50. The molecule has 0 heterocycles. The highest BCUT2D eigenvalue weighted by molar-refractivity contribution is 5.81. The molecule has 0 radical (unpaired) electrons. The maximum atomic E-state index is 11.8. The van der Waals surface area contributed by atoms with Crippen molar-refractivity contribution in [2.75, 3.05) is 6.54 Å². The number of rotatable bonds is 6. The van der Waals surface area contributed by atoms with Crippen molar-refractivity contribution in [3.63, 3.8) is 0 Å². The summed E-state index contributed by atoms with van der Waals surface area (Å²) >= 11 is 0. The summed E-state index contributed by atoms with van der Waals surface area (Å²) in [5.41, 5.74) is 7.71. The minimum absolute atomic E-state index is 0.135. The lowest BCUT2D eigenvalue weighted by Gasteiger charge is -2.19. The molecular weight excluding hydrogens is 240 g/mol. The quantitative estimate of drug-likeness (QED) is 0.729. The molecule has 1 rings (SSSR count). The van der Waals surface area contributed by atoms with Crippen LogP contribution in [0.5, 0.6) is 0 Å². The van der Waals surface area contributed by atoms with E-state index in [9.17, 15) is 9.90 Å². The van der Waals surface area contributed by atoms with E-state index in [1.807, 2.05) is 45.0 Å². The molecule has 0 aliphatic heterocycles.